The van der Waals surface area contributed by atoms with Crippen LogP contribution in [0.4, 0.5) is 9.59 Å². The lowest BCUT2D eigenvalue weighted by Crippen LogP contribution is -2.62. The Hall–Kier alpha value is -1.97. The van der Waals surface area contributed by atoms with Gasteiger partial charge in [-0.1, -0.05) is 68.9 Å². The molecular formula is C44H72Cl3NO17. The van der Waals surface area contributed by atoms with Crippen molar-refractivity contribution in [3.8, 4) is 0 Å². The Kier molecular flexibility index (Phi) is 19.0. The predicted molar refractivity (Wildman–Crippen MR) is 235 cm³/mol. The Labute approximate surface area is 398 Å². The van der Waals surface area contributed by atoms with Crippen molar-refractivity contribution in [2.45, 2.75) is 202 Å². The lowest BCUT2D eigenvalue weighted by Gasteiger charge is -2.49. The van der Waals surface area contributed by atoms with Gasteiger partial charge in [0.25, 0.3) is 0 Å². The first-order chi connectivity index (χ1) is 30.0. The molecule has 0 spiro atoms. The molecule has 0 aromatic heterocycles. The van der Waals surface area contributed by atoms with Gasteiger partial charge in [0.05, 0.1) is 48.1 Å². The summed E-state index contributed by atoms with van der Waals surface area (Å²) in [5, 5.41) is 24.8. The van der Waals surface area contributed by atoms with Gasteiger partial charge >= 0.3 is 24.2 Å². The SMILES string of the molecule is CCC[C@H]1OC(=O)[C@H](C)[C@@H](OC2CC(C)(OC)C(OC(=O)OCC(Cl)(Cl)Cl)C(C)O2)[C@H](C)[C@@H](OC2OC(C)CC(N(C)C)C2OC(C)=O)[C@](C)(O)C[C@@H](C)[C@H](O)[C@H](C)[C@H]2OC(=O)O[C@@]21C. The van der Waals surface area contributed by atoms with Gasteiger partial charge in [-0.15, -0.1) is 0 Å². The highest BCUT2D eigenvalue weighted by atomic mass is 35.6. The second-order valence-electron chi connectivity index (χ2n) is 19.3. The van der Waals surface area contributed by atoms with E-state index < -0.39 is 137 Å². The van der Waals surface area contributed by atoms with Crippen LogP contribution in [-0.2, 0) is 61.7 Å². The molecule has 21 heteroatoms. The average Bonchev–Trinajstić information content (AvgIpc) is 3.52. The van der Waals surface area contributed by atoms with E-state index in [9.17, 15) is 29.4 Å². The van der Waals surface area contributed by atoms with E-state index in [-0.39, 0.29) is 31.4 Å². The molecular weight excluding hydrogens is 921 g/mol. The number of nitrogens with zero attached hydrogens (tertiary/aromatic N) is 1. The maximum absolute atomic E-state index is 14.7. The van der Waals surface area contributed by atoms with E-state index in [2.05, 4.69) is 0 Å². The Bertz CT molecular complexity index is 1640. The van der Waals surface area contributed by atoms with E-state index >= 15 is 0 Å². The first kappa shape index (κ1) is 55.6. The molecule has 4 aliphatic heterocycles. The molecule has 4 rings (SSSR count). The molecule has 0 amide bonds. The van der Waals surface area contributed by atoms with Gasteiger partial charge in [0, 0.05) is 32.3 Å². The number of alkyl halides is 3. The molecule has 2 N–H and O–H groups in total. The smallest absolute Gasteiger partial charge is 0.458 e. The molecule has 4 saturated heterocycles. The van der Waals surface area contributed by atoms with Crippen LogP contribution in [0.25, 0.3) is 0 Å². The number of ether oxygens (including phenoxy) is 11. The third-order valence-electron chi connectivity index (χ3n) is 13.5. The third-order valence-corrected chi connectivity index (χ3v) is 13.8. The molecule has 4 aliphatic rings. The number of carbonyl (C=O) groups excluding carboxylic acids is 4. The molecule has 4 fully saturated rings. The van der Waals surface area contributed by atoms with Crippen molar-refractivity contribution >= 4 is 59.1 Å². The zero-order valence-corrected chi connectivity index (χ0v) is 42.3. The maximum Gasteiger partial charge on any atom is 0.509 e. The second kappa shape index (κ2) is 22.2. The summed E-state index contributed by atoms with van der Waals surface area (Å²) >= 11 is 17.3. The van der Waals surface area contributed by atoms with Crippen molar-refractivity contribution < 1.29 is 81.5 Å². The number of hydrogen-bond acceptors (Lipinski definition) is 18. The molecule has 376 valence electrons. The summed E-state index contributed by atoms with van der Waals surface area (Å²) in [6, 6.07) is -0.353. The first-order valence-electron chi connectivity index (χ1n) is 22.4. The van der Waals surface area contributed by atoms with Crippen molar-refractivity contribution in [2.75, 3.05) is 27.8 Å². The molecule has 0 aliphatic carbocycles. The van der Waals surface area contributed by atoms with Crippen molar-refractivity contribution in [1.82, 2.24) is 4.90 Å². The van der Waals surface area contributed by atoms with Gasteiger partial charge in [-0.25, -0.2) is 9.59 Å². The van der Waals surface area contributed by atoms with Crippen LogP contribution in [0.1, 0.15) is 108 Å². The number of hydrogen-bond donors (Lipinski definition) is 2. The third kappa shape index (κ3) is 13.4. The number of cyclic esters (lactones) is 1. The summed E-state index contributed by atoms with van der Waals surface area (Å²) in [6.45, 7) is 17.8. The van der Waals surface area contributed by atoms with Gasteiger partial charge in [0.15, 0.2) is 36.5 Å². The van der Waals surface area contributed by atoms with Crippen LogP contribution in [-0.4, -0.2) is 161 Å². The fraction of sp³-hybridized carbons (Fsp3) is 0.909. The van der Waals surface area contributed by atoms with Gasteiger partial charge < -0.3 is 67.2 Å². The van der Waals surface area contributed by atoms with Crippen molar-refractivity contribution in [3.05, 3.63) is 0 Å². The molecule has 0 saturated carbocycles. The van der Waals surface area contributed by atoms with Gasteiger partial charge in [-0.3, -0.25) is 9.59 Å². The Morgan fingerprint density at radius 2 is 1.55 bits per heavy atom. The maximum atomic E-state index is 14.7. The van der Waals surface area contributed by atoms with E-state index in [1.54, 1.807) is 55.4 Å². The van der Waals surface area contributed by atoms with Crippen LogP contribution in [0.2, 0.25) is 0 Å². The van der Waals surface area contributed by atoms with Gasteiger partial charge in [0.2, 0.25) is 3.79 Å². The Balaban J connectivity index is 1.85. The topological polar surface area (TPSA) is 214 Å². The molecule has 0 radical (unpaired) electrons. The highest BCUT2D eigenvalue weighted by Gasteiger charge is 2.60. The highest BCUT2D eigenvalue weighted by Crippen LogP contribution is 2.45. The van der Waals surface area contributed by atoms with Crippen molar-refractivity contribution in [3.63, 3.8) is 0 Å². The monoisotopic (exact) mass is 991 g/mol. The summed E-state index contributed by atoms with van der Waals surface area (Å²) in [7, 11) is 5.12. The minimum Gasteiger partial charge on any atom is -0.458 e. The van der Waals surface area contributed by atoms with Crippen molar-refractivity contribution in [1.29, 1.82) is 0 Å². The lowest BCUT2D eigenvalue weighted by molar-refractivity contribution is -0.319. The normalized spacial score (nSPS) is 43.3. The number of likely N-dealkylation sites (N-methyl/N-ethyl adjacent to an activating group) is 1. The summed E-state index contributed by atoms with van der Waals surface area (Å²) in [6.07, 6.45) is -12.3. The Morgan fingerprint density at radius 3 is 2.12 bits per heavy atom. The Morgan fingerprint density at radius 1 is 0.908 bits per heavy atom. The molecule has 65 heavy (non-hydrogen) atoms. The fourth-order valence-electron chi connectivity index (χ4n) is 10.1. The molecule has 4 heterocycles. The largest absolute Gasteiger partial charge is 0.509 e. The van der Waals surface area contributed by atoms with E-state index in [1.807, 2.05) is 32.8 Å². The molecule has 0 bridgehead atoms. The number of esters is 2. The van der Waals surface area contributed by atoms with Crippen LogP contribution < -0.4 is 0 Å². The van der Waals surface area contributed by atoms with Gasteiger partial charge in [0.1, 0.15) is 18.3 Å². The predicted octanol–water partition coefficient (Wildman–Crippen LogP) is 6.25. The number of methoxy groups -OCH3 is 1. The quantitative estimate of drug-likeness (QED) is 0.133. The van der Waals surface area contributed by atoms with Crippen LogP contribution >= 0.6 is 34.8 Å². The molecule has 19 atom stereocenters. The average molecular weight is 993 g/mol. The minimum atomic E-state index is -1.89. The van der Waals surface area contributed by atoms with Gasteiger partial charge in [-0.05, 0) is 80.8 Å². The molecule has 0 aromatic rings. The van der Waals surface area contributed by atoms with E-state index in [0.29, 0.717) is 12.8 Å². The number of fused-ring (bicyclic) bond motifs is 1. The van der Waals surface area contributed by atoms with Crippen LogP contribution in [0, 0.1) is 23.7 Å². The summed E-state index contributed by atoms with van der Waals surface area (Å²) in [4.78, 5) is 54.9. The van der Waals surface area contributed by atoms with E-state index in [1.165, 1.54) is 14.0 Å². The first-order valence-corrected chi connectivity index (χ1v) is 23.5. The van der Waals surface area contributed by atoms with Crippen LogP contribution in [0.3, 0.4) is 0 Å². The fourth-order valence-corrected chi connectivity index (χ4v) is 10.3. The number of aliphatic hydroxyl groups excluding tert-OH is 1. The van der Waals surface area contributed by atoms with Crippen LogP contribution in [0.15, 0.2) is 0 Å². The van der Waals surface area contributed by atoms with Gasteiger partial charge in [-0.2, -0.15) is 0 Å². The van der Waals surface area contributed by atoms with E-state index in [0.717, 1.165) is 0 Å². The standard InChI is InChI=1S/C44H72Cl3NO17/c1-15-16-29-43(11)35(63-40(53)65-43)23(4)31(50)21(2)18-41(9,54)34(62-38-33(59-27(8)49)28(48(12)13)17-22(3)57-38)24(5)32(25(6)37(51)60-29)61-30-19-42(10,55-14)36(26(7)58-30)64-39(52)56-20-44(45,46)47/h21-26,28-36,38,50,54H,15-20H2,1-14H3/t21-,22?,23+,24+,25-,26?,28?,29-,30?,31+,32+,33?,34-,35-,36?,38?,41-,42?,43-/m1/s1. The summed E-state index contributed by atoms with van der Waals surface area (Å²) < 4.78 is 65.0. The highest BCUT2D eigenvalue weighted by molar-refractivity contribution is 6.67. The number of rotatable bonds is 11. The van der Waals surface area contributed by atoms with E-state index in [4.69, 9.17) is 86.9 Å². The number of aliphatic hydroxyl groups is 2. The number of halogens is 3. The molecule has 18 nitrogen and oxygen atoms in total. The molecule has 8 unspecified atom stereocenters. The second-order valence-corrected chi connectivity index (χ2v) is 21.8. The summed E-state index contributed by atoms with van der Waals surface area (Å²) in [5.74, 6) is -4.82. The zero-order valence-electron chi connectivity index (χ0n) is 40.1. The number of carbonyl (C=O) groups is 4. The lowest BCUT2D eigenvalue weighted by atomic mass is 9.73. The molecule has 0 aromatic carbocycles. The van der Waals surface area contributed by atoms with Crippen molar-refractivity contribution in [2.24, 2.45) is 23.7 Å². The zero-order chi connectivity index (χ0) is 49.1. The summed E-state index contributed by atoms with van der Waals surface area (Å²) in [5.41, 5.74) is -4.62. The van der Waals surface area contributed by atoms with Crippen LogP contribution in [0.5, 0.6) is 0 Å². The minimum absolute atomic E-state index is 0.0575.